The molecule has 0 aliphatic carbocycles. The number of amides is 1. The zero-order valence-electron chi connectivity index (χ0n) is 12.1. The minimum atomic E-state index is -0.533. The highest BCUT2D eigenvalue weighted by atomic mass is 35.5. The third-order valence-corrected chi connectivity index (χ3v) is 3.38. The summed E-state index contributed by atoms with van der Waals surface area (Å²) in [6.45, 7) is 0. The summed E-state index contributed by atoms with van der Waals surface area (Å²) < 4.78 is 0. The number of hydrogen-bond acceptors (Lipinski definition) is 6. The van der Waals surface area contributed by atoms with Gasteiger partial charge in [-0.2, -0.15) is 4.98 Å². The van der Waals surface area contributed by atoms with E-state index in [1.807, 2.05) is 12.1 Å². The van der Waals surface area contributed by atoms with E-state index in [2.05, 4.69) is 20.8 Å². The molecule has 120 valence electrons. The molecule has 0 fully saturated rings. The number of anilines is 1. The first kappa shape index (κ1) is 15.6. The number of carbonyl (C=O) groups is 1. The molecule has 2 aromatic carbocycles. The average molecular weight is 344 g/mol. The molecular weight excluding hydrogens is 334 g/mol. The number of nitro groups is 1. The highest BCUT2D eigenvalue weighted by Gasteiger charge is 2.11. The largest absolute Gasteiger partial charge is 0.281 e. The predicted octanol–water partition coefficient (Wildman–Crippen LogP) is 2.95. The number of para-hydroxylation sites is 1. The van der Waals surface area contributed by atoms with Crippen molar-refractivity contribution in [1.29, 1.82) is 0 Å². The molecule has 0 aliphatic rings. The van der Waals surface area contributed by atoms with Crippen LogP contribution >= 0.6 is 11.6 Å². The van der Waals surface area contributed by atoms with Crippen LogP contribution < -0.4 is 10.9 Å². The van der Waals surface area contributed by atoms with Crippen LogP contribution in [0.5, 0.6) is 0 Å². The van der Waals surface area contributed by atoms with Gasteiger partial charge in [-0.15, -0.1) is 0 Å². The molecule has 1 heterocycles. The molecule has 0 bridgehead atoms. The van der Waals surface area contributed by atoms with Gasteiger partial charge in [0.25, 0.3) is 11.6 Å². The van der Waals surface area contributed by atoms with Gasteiger partial charge in [-0.25, -0.2) is 4.98 Å². The maximum Gasteiger partial charge on any atom is 0.269 e. The van der Waals surface area contributed by atoms with Gasteiger partial charge in [0.15, 0.2) is 5.82 Å². The van der Waals surface area contributed by atoms with Gasteiger partial charge in [0, 0.05) is 23.1 Å². The highest BCUT2D eigenvalue weighted by Crippen LogP contribution is 2.21. The molecule has 0 aliphatic heterocycles. The second-order valence-corrected chi connectivity index (χ2v) is 5.08. The number of nitrogens with zero attached hydrogens (tertiary/aromatic N) is 3. The van der Waals surface area contributed by atoms with Gasteiger partial charge in [-0.05, 0) is 35.9 Å². The van der Waals surface area contributed by atoms with Crippen LogP contribution in [-0.4, -0.2) is 20.8 Å². The van der Waals surface area contributed by atoms with E-state index in [0.717, 1.165) is 0 Å². The van der Waals surface area contributed by atoms with Crippen LogP contribution in [0.2, 0.25) is 5.28 Å². The molecular formula is C15H10ClN5O3. The highest BCUT2D eigenvalue weighted by molar-refractivity contribution is 6.28. The van der Waals surface area contributed by atoms with Crippen LogP contribution in [0, 0.1) is 10.1 Å². The smallest absolute Gasteiger partial charge is 0.269 e. The van der Waals surface area contributed by atoms with Gasteiger partial charge in [0.1, 0.15) is 0 Å². The number of non-ortho nitro benzene ring substituents is 1. The normalized spacial score (nSPS) is 10.4. The molecule has 3 rings (SSSR count). The summed E-state index contributed by atoms with van der Waals surface area (Å²) in [6, 6.07) is 12.4. The standard InChI is InChI=1S/C15H10ClN5O3/c16-15-17-12-4-2-1-3-11(12)13(18-15)19-20-14(22)9-5-7-10(8-6-9)21(23)24/h1-8H,(H,20,22)(H,17,18,19). The molecule has 0 spiro atoms. The van der Waals surface area contributed by atoms with Crippen LogP contribution in [-0.2, 0) is 0 Å². The Hall–Kier alpha value is -3.26. The van der Waals surface area contributed by atoms with E-state index in [-0.39, 0.29) is 16.5 Å². The average Bonchev–Trinajstić information content (AvgIpc) is 2.59. The molecule has 0 saturated heterocycles. The Morgan fingerprint density at radius 2 is 1.79 bits per heavy atom. The molecule has 1 amide bonds. The third-order valence-electron chi connectivity index (χ3n) is 3.21. The van der Waals surface area contributed by atoms with Crippen molar-refractivity contribution in [2.75, 3.05) is 5.43 Å². The molecule has 2 N–H and O–H groups in total. The summed E-state index contributed by atoms with van der Waals surface area (Å²) in [6.07, 6.45) is 0. The number of nitro benzene ring substituents is 1. The van der Waals surface area contributed by atoms with Crippen molar-refractivity contribution in [3.05, 3.63) is 69.5 Å². The first-order valence-corrected chi connectivity index (χ1v) is 7.15. The molecule has 24 heavy (non-hydrogen) atoms. The minimum Gasteiger partial charge on any atom is -0.281 e. The topological polar surface area (TPSA) is 110 Å². The fourth-order valence-corrected chi connectivity index (χ4v) is 2.24. The summed E-state index contributed by atoms with van der Waals surface area (Å²) in [4.78, 5) is 30.3. The van der Waals surface area contributed by atoms with Crippen LogP contribution in [0.4, 0.5) is 11.5 Å². The lowest BCUT2D eigenvalue weighted by atomic mass is 10.2. The fourth-order valence-electron chi connectivity index (χ4n) is 2.07. The van der Waals surface area contributed by atoms with Gasteiger partial charge in [-0.1, -0.05) is 12.1 Å². The van der Waals surface area contributed by atoms with Crippen molar-refractivity contribution in [2.24, 2.45) is 0 Å². The van der Waals surface area contributed by atoms with E-state index in [4.69, 9.17) is 11.6 Å². The second kappa shape index (κ2) is 6.47. The molecule has 1 aromatic heterocycles. The van der Waals surface area contributed by atoms with Gasteiger partial charge < -0.3 is 0 Å². The first-order valence-electron chi connectivity index (χ1n) is 6.78. The first-order chi connectivity index (χ1) is 11.5. The number of carbonyl (C=O) groups excluding carboxylic acids is 1. The van der Waals surface area contributed by atoms with Crippen molar-refractivity contribution in [2.45, 2.75) is 0 Å². The van der Waals surface area contributed by atoms with E-state index in [0.29, 0.717) is 16.7 Å². The van der Waals surface area contributed by atoms with E-state index < -0.39 is 10.8 Å². The van der Waals surface area contributed by atoms with Crippen molar-refractivity contribution < 1.29 is 9.72 Å². The zero-order valence-corrected chi connectivity index (χ0v) is 12.8. The lowest BCUT2D eigenvalue weighted by Gasteiger charge is -2.10. The number of rotatable bonds is 4. The molecule has 0 atom stereocenters. The minimum absolute atomic E-state index is 0.0424. The van der Waals surface area contributed by atoms with Crippen molar-refractivity contribution in [3.63, 3.8) is 0 Å². The van der Waals surface area contributed by atoms with E-state index in [9.17, 15) is 14.9 Å². The lowest BCUT2D eigenvalue weighted by molar-refractivity contribution is -0.384. The summed E-state index contributed by atoms with van der Waals surface area (Å²) >= 11 is 5.86. The molecule has 0 radical (unpaired) electrons. The fraction of sp³-hybridized carbons (Fsp3) is 0. The molecule has 9 heteroatoms. The van der Waals surface area contributed by atoms with Gasteiger partial charge in [0.05, 0.1) is 10.4 Å². The summed E-state index contributed by atoms with van der Waals surface area (Å²) in [5.74, 6) is -0.121. The number of hydrazine groups is 1. The number of hydrogen-bond donors (Lipinski definition) is 2. The summed E-state index contributed by atoms with van der Waals surface area (Å²) in [5, 5.41) is 11.3. The second-order valence-electron chi connectivity index (χ2n) is 4.74. The number of aromatic nitrogens is 2. The van der Waals surface area contributed by atoms with Crippen molar-refractivity contribution in [3.8, 4) is 0 Å². The Labute approximate surface area is 140 Å². The van der Waals surface area contributed by atoms with Crippen molar-refractivity contribution >= 4 is 39.9 Å². The van der Waals surface area contributed by atoms with Gasteiger partial charge in [0.2, 0.25) is 5.28 Å². The van der Waals surface area contributed by atoms with Crippen LogP contribution in [0.15, 0.2) is 48.5 Å². The Morgan fingerprint density at radius 1 is 1.08 bits per heavy atom. The monoisotopic (exact) mass is 343 g/mol. The molecule has 8 nitrogen and oxygen atoms in total. The maximum atomic E-state index is 12.1. The Morgan fingerprint density at radius 3 is 2.50 bits per heavy atom. The van der Waals surface area contributed by atoms with Gasteiger partial charge >= 0.3 is 0 Å². The summed E-state index contributed by atoms with van der Waals surface area (Å²) in [5.41, 5.74) is 5.97. The summed E-state index contributed by atoms with van der Waals surface area (Å²) in [7, 11) is 0. The number of benzene rings is 2. The molecule has 0 saturated carbocycles. The van der Waals surface area contributed by atoms with Crippen LogP contribution in [0.25, 0.3) is 10.9 Å². The quantitative estimate of drug-likeness (QED) is 0.428. The van der Waals surface area contributed by atoms with Gasteiger partial charge in [-0.3, -0.25) is 25.8 Å². The molecule has 0 unspecified atom stereocenters. The van der Waals surface area contributed by atoms with Crippen LogP contribution in [0.3, 0.4) is 0 Å². The van der Waals surface area contributed by atoms with E-state index in [1.165, 1.54) is 24.3 Å². The third kappa shape index (κ3) is 3.23. The lowest BCUT2D eigenvalue weighted by Crippen LogP contribution is -2.30. The maximum absolute atomic E-state index is 12.1. The van der Waals surface area contributed by atoms with Crippen LogP contribution in [0.1, 0.15) is 10.4 Å². The Kier molecular flexibility index (Phi) is 4.21. The zero-order chi connectivity index (χ0) is 17.1. The van der Waals surface area contributed by atoms with E-state index in [1.54, 1.807) is 12.1 Å². The predicted molar refractivity (Wildman–Crippen MR) is 88.7 cm³/mol. The Bertz CT molecular complexity index is 930. The number of fused-ring (bicyclic) bond motifs is 1. The SMILES string of the molecule is O=C(NNc1nc(Cl)nc2ccccc12)c1ccc([N+](=O)[O-])cc1. The molecule has 3 aromatic rings. The number of nitrogens with one attached hydrogen (secondary N) is 2. The van der Waals surface area contributed by atoms with E-state index >= 15 is 0 Å². The van der Waals surface area contributed by atoms with Crippen molar-refractivity contribution in [1.82, 2.24) is 15.4 Å². The number of halogens is 1. The Balaban J connectivity index is 1.78.